The molecule has 1 aliphatic rings. The number of likely N-dealkylation sites (tertiary alicyclic amines) is 1. The van der Waals surface area contributed by atoms with E-state index in [9.17, 15) is 9.59 Å². The first-order valence-electron chi connectivity index (χ1n) is 8.24. The van der Waals surface area contributed by atoms with Crippen molar-refractivity contribution < 1.29 is 14.3 Å². The minimum Gasteiger partial charge on any atom is -0.469 e. The zero-order valence-corrected chi connectivity index (χ0v) is 14.2. The van der Waals surface area contributed by atoms with Gasteiger partial charge in [0.25, 0.3) is 0 Å². The second-order valence-corrected chi connectivity index (χ2v) is 6.12. The van der Waals surface area contributed by atoms with E-state index < -0.39 is 0 Å². The normalized spacial score (nSPS) is 20.9. The Morgan fingerprint density at radius 1 is 1.30 bits per heavy atom. The van der Waals surface area contributed by atoms with Crippen molar-refractivity contribution in [1.82, 2.24) is 10.2 Å². The van der Waals surface area contributed by atoms with Gasteiger partial charge in [0.2, 0.25) is 0 Å². The Labute approximate surface area is 138 Å². The first kappa shape index (κ1) is 17.3. The van der Waals surface area contributed by atoms with Crippen LogP contribution in [0, 0.1) is 11.8 Å². The van der Waals surface area contributed by atoms with Crippen molar-refractivity contribution in [3.8, 4) is 0 Å². The van der Waals surface area contributed by atoms with Crippen LogP contribution in [0.3, 0.4) is 0 Å². The topological polar surface area (TPSA) is 58.6 Å². The maximum Gasteiger partial charge on any atom is 0.317 e. The van der Waals surface area contributed by atoms with E-state index in [4.69, 9.17) is 4.74 Å². The van der Waals surface area contributed by atoms with Gasteiger partial charge in [0.05, 0.1) is 13.0 Å². The maximum absolute atomic E-state index is 12.4. The molecular formula is C18H26N2O3. The summed E-state index contributed by atoms with van der Waals surface area (Å²) in [4.78, 5) is 25.8. The lowest BCUT2D eigenvalue weighted by Crippen LogP contribution is -2.48. The van der Waals surface area contributed by atoms with Crippen LogP contribution in [0.15, 0.2) is 24.3 Å². The largest absolute Gasteiger partial charge is 0.469 e. The fourth-order valence-electron chi connectivity index (χ4n) is 3.19. The van der Waals surface area contributed by atoms with Crippen LogP contribution in [0.25, 0.3) is 0 Å². The number of rotatable bonds is 4. The summed E-state index contributed by atoms with van der Waals surface area (Å²) in [5, 5.41) is 2.99. The summed E-state index contributed by atoms with van der Waals surface area (Å²) in [6, 6.07) is 8.08. The zero-order valence-electron chi connectivity index (χ0n) is 14.2. The number of nitrogens with zero attached hydrogens (tertiary/aromatic N) is 1. The maximum atomic E-state index is 12.4. The van der Waals surface area contributed by atoms with Gasteiger partial charge in [0.1, 0.15) is 0 Å². The van der Waals surface area contributed by atoms with Gasteiger partial charge in [0.15, 0.2) is 0 Å². The number of carbonyl (C=O) groups excluding carboxylic acids is 2. The van der Waals surface area contributed by atoms with Crippen molar-refractivity contribution in [3.05, 3.63) is 35.4 Å². The molecule has 126 valence electrons. The van der Waals surface area contributed by atoms with Crippen LogP contribution in [0.2, 0.25) is 0 Å². The van der Waals surface area contributed by atoms with Gasteiger partial charge in [-0.2, -0.15) is 0 Å². The molecule has 2 atom stereocenters. The average molecular weight is 318 g/mol. The Bertz CT molecular complexity index is 559. The minimum atomic E-state index is -0.172. The molecule has 1 aromatic rings. The van der Waals surface area contributed by atoms with Gasteiger partial charge in [-0.1, -0.05) is 38.1 Å². The number of benzene rings is 1. The van der Waals surface area contributed by atoms with Crippen LogP contribution in [0.4, 0.5) is 4.79 Å². The summed E-state index contributed by atoms with van der Waals surface area (Å²) < 4.78 is 4.83. The molecule has 1 heterocycles. The van der Waals surface area contributed by atoms with Gasteiger partial charge in [-0.3, -0.25) is 4.79 Å². The molecule has 1 aromatic carbocycles. The Morgan fingerprint density at radius 2 is 2.00 bits per heavy atom. The predicted molar refractivity (Wildman–Crippen MR) is 88.9 cm³/mol. The van der Waals surface area contributed by atoms with Crippen LogP contribution in [-0.2, 0) is 22.5 Å². The SMILES string of the molecule is CCc1ccccc1CNC(=O)N1CC[C@H](C(=O)OC)[C@@H](C)C1. The molecule has 1 saturated heterocycles. The highest BCUT2D eigenvalue weighted by atomic mass is 16.5. The van der Waals surface area contributed by atoms with Gasteiger partial charge >= 0.3 is 12.0 Å². The van der Waals surface area contributed by atoms with E-state index in [2.05, 4.69) is 18.3 Å². The lowest BCUT2D eigenvalue weighted by atomic mass is 9.87. The van der Waals surface area contributed by atoms with Gasteiger partial charge in [-0.15, -0.1) is 0 Å². The highest BCUT2D eigenvalue weighted by molar-refractivity contribution is 5.76. The number of esters is 1. The molecule has 0 unspecified atom stereocenters. The van der Waals surface area contributed by atoms with Gasteiger partial charge < -0.3 is 15.0 Å². The van der Waals surface area contributed by atoms with Crippen molar-refractivity contribution in [2.45, 2.75) is 33.2 Å². The molecule has 5 nitrogen and oxygen atoms in total. The minimum absolute atomic E-state index is 0.0638. The standard InChI is InChI=1S/C18H26N2O3/c1-4-14-7-5-6-8-15(14)11-19-18(22)20-10-9-16(13(2)12-20)17(21)23-3/h5-8,13,16H,4,9-12H2,1-3H3,(H,19,22)/t13-,16-/m0/s1. The number of hydrogen-bond donors (Lipinski definition) is 1. The van der Waals surface area contributed by atoms with E-state index >= 15 is 0 Å². The number of carbonyl (C=O) groups is 2. The Morgan fingerprint density at radius 3 is 2.61 bits per heavy atom. The molecule has 5 heteroatoms. The molecule has 0 aliphatic carbocycles. The molecule has 23 heavy (non-hydrogen) atoms. The molecule has 2 amide bonds. The highest BCUT2D eigenvalue weighted by Crippen LogP contribution is 2.24. The highest BCUT2D eigenvalue weighted by Gasteiger charge is 2.33. The Kier molecular flexibility index (Phi) is 6.02. The summed E-state index contributed by atoms with van der Waals surface area (Å²) in [6.45, 7) is 5.81. The molecule has 1 N–H and O–H groups in total. The van der Waals surface area contributed by atoms with Crippen molar-refractivity contribution in [2.75, 3.05) is 20.2 Å². The van der Waals surface area contributed by atoms with Crippen molar-refractivity contribution >= 4 is 12.0 Å². The Balaban J connectivity index is 1.89. The molecule has 1 fully saturated rings. The van der Waals surface area contributed by atoms with Gasteiger partial charge in [0, 0.05) is 19.6 Å². The summed E-state index contributed by atoms with van der Waals surface area (Å²) in [5.74, 6) is -0.163. The average Bonchev–Trinajstić information content (AvgIpc) is 2.59. The van der Waals surface area contributed by atoms with E-state index in [1.54, 1.807) is 4.90 Å². The molecule has 1 aliphatic heterocycles. The number of amides is 2. The molecule has 0 bridgehead atoms. The number of urea groups is 1. The summed E-state index contributed by atoms with van der Waals surface area (Å²) in [5.41, 5.74) is 2.41. The van der Waals surface area contributed by atoms with E-state index in [1.165, 1.54) is 12.7 Å². The van der Waals surface area contributed by atoms with E-state index in [0.29, 0.717) is 26.1 Å². The zero-order chi connectivity index (χ0) is 16.8. The van der Waals surface area contributed by atoms with Gasteiger partial charge in [-0.05, 0) is 29.9 Å². The molecule has 0 aromatic heterocycles. The molecular weight excluding hydrogens is 292 g/mol. The molecule has 2 rings (SSSR count). The fraction of sp³-hybridized carbons (Fsp3) is 0.556. The van der Waals surface area contributed by atoms with Crippen LogP contribution in [-0.4, -0.2) is 37.1 Å². The third kappa shape index (κ3) is 4.24. The lowest BCUT2D eigenvalue weighted by Gasteiger charge is -2.35. The summed E-state index contributed by atoms with van der Waals surface area (Å²) in [6.07, 6.45) is 1.61. The van der Waals surface area contributed by atoms with Crippen LogP contribution in [0.1, 0.15) is 31.4 Å². The number of methoxy groups -OCH3 is 1. The van der Waals surface area contributed by atoms with Crippen LogP contribution < -0.4 is 5.32 Å². The van der Waals surface area contributed by atoms with Crippen molar-refractivity contribution in [3.63, 3.8) is 0 Å². The molecule has 0 radical (unpaired) electrons. The van der Waals surface area contributed by atoms with Crippen molar-refractivity contribution in [1.29, 1.82) is 0 Å². The summed E-state index contributed by atoms with van der Waals surface area (Å²) in [7, 11) is 1.42. The van der Waals surface area contributed by atoms with E-state index in [1.807, 2.05) is 25.1 Å². The number of nitrogens with one attached hydrogen (secondary N) is 1. The number of ether oxygens (including phenoxy) is 1. The van der Waals surface area contributed by atoms with Crippen LogP contribution >= 0.6 is 0 Å². The lowest BCUT2D eigenvalue weighted by molar-refractivity contribution is -0.148. The number of aryl methyl sites for hydroxylation is 1. The first-order chi connectivity index (χ1) is 11.1. The monoisotopic (exact) mass is 318 g/mol. The number of hydrogen-bond acceptors (Lipinski definition) is 3. The van der Waals surface area contributed by atoms with E-state index in [0.717, 1.165) is 12.0 Å². The molecule has 0 spiro atoms. The molecule has 0 saturated carbocycles. The van der Waals surface area contributed by atoms with Crippen LogP contribution in [0.5, 0.6) is 0 Å². The third-order valence-corrected chi connectivity index (χ3v) is 4.63. The summed E-state index contributed by atoms with van der Waals surface area (Å²) >= 11 is 0. The fourth-order valence-corrected chi connectivity index (χ4v) is 3.19. The predicted octanol–water partition coefficient (Wildman–Crippen LogP) is 2.59. The second kappa shape index (κ2) is 7.99. The Hall–Kier alpha value is -2.04. The van der Waals surface area contributed by atoms with Gasteiger partial charge in [-0.25, -0.2) is 4.79 Å². The first-order valence-corrected chi connectivity index (χ1v) is 8.24. The number of piperidine rings is 1. The smallest absolute Gasteiger partial charge is 0.317 e. The van der Waals surface area contributed by atoms with E-state index in [-0.39, 0.29) is 23.8 Å². The second-order valence-electron chi connectivity index (χ2n) is 6.12. The third-order valence-electron chi connectivity index (χ3n) is 4.63. The van der Waals surface area contributed by atoms with Crippen molar-refractivity contribution in [2.24, 2.45) is 11.8 Å². The quantitative estimate of drug-likeness (QED) is 0.868.